The Hall–Kier alpha value is -3.21. The number of fused-ring (bicyclic) bond motifs is 2. The maximum absolute atomic E-state index is 14.3. The van der Waals surface area contributed by atoms with E-state index in [0.29, 0.717) is 47.4 Å². The maximum Gasteiger partial charge on any atom is 0.231 e. The lowest BCUT2D eigenvalue weighted by molar-refractivity contribution is -0.142. The van der Waals surface area contributed by atoms with Gasteiger partial charge in [-0.1, -0.05) is 0 Å². The maximum atomic E-state index is 14.3. The van der Waals surface area contributed by atoms with Crippen LogP contribution in [0.15, 0.2) is 24.3 Å². The molecule has 0 aromatic heterocycles. The standard InChI is InChI=1S/C28H36N2O8/c1-29-6-5-7-30(9-8-29)28(33)25-19(14-31)26(32)18-13-21-20(37-15-38-21)12-17(18)24(25)16-10-22(34-2)27(36-4)23(11-16)35-3/h10-13,19,24-26,31-32H,5-9,14-15H2,1-4H3/t19-,24+,25-,26-/m0/s1. The fourth-order valence-corrected chi connectivity index (χ4v) is 6.05. The molecular weight excluding hydrogens is 492 g/mol. The minimum absolute atomic E-state index is 0.0796. The van der Waals surface area contributed by atoms with Gasteiger partial charge in [0.1, 0.15) is 0 Å². The molecule has 4 atom stereocenters. The summed E-state index contributed by atoms with van der Waals surface area (Å²) in [6.45, 7) is 2.58. The van der Waals surface area contributed by atoms with Gasteiger partial charge in [0.25, 0.3) is 0 Å². The number of amides is 1. The van der Waals surface area contributed by atoms with Crippen molar-refractivity contribution in [3.63, 3.8) is 0 Å². The molecule has 2 heterocycles. The largest absolute Gasteiger partial charge is 0.493 e. The Kier molecular flexibility index (Phi) is 7.56. The molecule has 3 aliphatic rings. The summed E-state index contributed by atoms with van der Waals surface area (Å²) in [5.74, 6) is 0.341. The Morgan fingerprint density at radius 2 is 1.61 bits per heavy atom. The predicted molar refractivity (Wildman–Crippen MR) is 138 cm³/mol. The van der Waals surface area contributed by atoms with Crippen molar-refractivity contribution in [3.8, 4) is 28.7 Å². The van der Waals surface area contributed by atoms with Gasteiger partial charge in [-0.15, -0.1) is 0 Å². The summed E-state index contributed by atoms with van der Waals surface area (Å²) < 4.78 is 28.1. The smallest absolute Gasteiger partial charge is 0.231 e. The normalized spacial score (nSPS) is 24.9. The fourth-order valence-electron chi connectivity index (χ4n) is 6.05. The quantitative estimate of drug-likeness (QED) is 0.582. The van der Waals surface area contributed by atoms with Gasteiger partial charge >= 0.3 is 0 Å². The summed E-state index contributed by atoms with van der Waals surface area (Å²) in [5.41, 5.74) is 2.09. The average Bonchev–Trinajstić information content (AvgIpc) is 3.29. The zero-order valence-electron chi connectivity index (χ0n) is 22.3. The number of aliphatic hydroxyl groups is 2. The third kappa shape index (κ3) is 4.50. The van der Waals surface area contributed by atoms with E-state index in [0.717, 1.165) is 30.6 Å². The van der Waals surface area contributed by atoms with Crippen molar-refractivity contribution in [1.82, 2.24) is 9.80 Å². The summed E-state index contributed by atoms with van der Waals surface area (Å²) in [6, 6.07) is 7.28. The van der Waals surface area contributed by atoms with Gasteiger partial charge in [0.2, 0.25) is 18.4 Å². The van der Waals surface area contributed by atoms with Crippen LogP contribution in [0.5, 0.6) is 28.7 Å². The van der Waals surface area contributed by atoms with E-state index < -0.39 is 23.9 Å². The molecule has 10 heteroatoms. The summed E-state index contributed by atoms with van der Waals surface area (Å²) >= 11 is 0. The molecule has 1 amide bonds. The number of carbonyl (C=O) groups excluding carboxylic acids is 1. The lowest BCUT2D eigenvalue weighted by Gasteiger charge is -2.43. The SMILES string of the molecule is COc1cc([C@@H]2c3cc4c(cc3[C@H](O)[C@@H](CO)[C@@H]2C(=O)N2CCCN(C)CC2)OCO4)cc(OC)c1OC. The molecule has 2 N–H and O–H groups in total. The predicted octanol–water partition coefficient (Wildman–Crippen LogP) is 2.01. The molecule has 1 aliphatic carbocycles. The van der Waals surface area contributed by atoms with Gasteiger partial charge in [-0.3, -0.25) is 4.79 Å². The van der Waals surface area contributed by atoms with Gasteiger partial charge in [0.15, 0.2) is 23.0 Å². The molecular formula is C28H36N2O8. The summed E-state index contributed by atoms with van der Waals surface area (Å²) in [4.78, 5) is 18.4. The van der Waals surface area contributed by atoms with E-state index in [4.69, 9.17) is 23.7 Å². The molecule has 5 rings (SSSR count). The monoisotopic (exact) mass is 528 g/mol. The molecule has 2 aliphatic heterocycles. The van der Waals surface area contributed by atoms with Crippen LogP contribution in [-0.2, 0) is 4.79 Å². The van der Waals surface area contributed by atoms with Crippen molar-refractivity contribution in [2.75, 3.05) is 68.0 Å². The first kappa shape index (κ1) is 26.4. The number of methoxy groups -OCH3 is 3. The molecule has 2 aromatic rings. The first-order valence-corrected chi connectivity index (χ1v) is 12.9. The zero-order valence-corrected chi connectivity index (χ0v) is 22.3. The number of aliphatic hydroxyl groups excluding tert-OH is 2. The summed E-state index contributed by atoms with van der Waals surface area (Å²) in [7, 11) is 6.68. The molecule has 10 nitrogen and oxygen atoms in total. The van der Waals surface area contributed by atoms with Crippen LogP contribution in [0.4, 0.5) is 0 Å². The van der Waals surface area contributed by atoms with Crippen LogP contribution in [0.25, 0.3) is 0 Å². The molecule has 0 radical (unpaired) electrons. The van der Waals surface area contributed by atoms with Crippen LogP contribution >= 0.6 is 0 Å². The highest BCUT2D eigenvalue weighted by molar-refractivity contribution is 5.82. The van der Waals surface area contributed by atoms with E-state index in [9.17, 15) is 15.0 Å². The Morgan fingerprint density at radius 1 is 0.947 bits per heavy atom. The highest BCUT2D eigenvalue weighted by atomic mass is 16.7. The molecule has 0 spiro atoms. The lowest BCUT2D eigenvalue weighted by atomic mass is 9.64. The van der Waals surface area contributed by atoms with Gasteiger partial charge < -0.3 is 43.7 Å². The van der Waals surface area contributed by atoms with E-state index in [-0.39, 0.29) is 19.3 Å². The van der Waals surface area contributed by atoms with Crippen molar-refractivity contribution in [3.05, 3.63) is 41.0 Å². The number of ether oxygens (including phenoxy) is 5. The van der Waals surface area contributed by atoms with Crippen LogP contribution < -0.4 is 23.7 Å². The lowest BCUT2D eigenvalue weighted by Crippen LogP contribution is -2.48. The Balaban J connectivity index is 1.70. The third-order valence-electron chi connectivity index (χ3n) is 8.03. The van der Waals surface area contributed by atoms with E-state index in [1.807, 2.05) is 30.1 Å². The van der Waals surface area contributed by atoms with Gasteiger partial charge in [0.05, 0.1) is 33.4 Å². The highest BCUT2D eigenvalue weighted by Gasteiger charge is 2.48. The molecule has 1 saturated heterocycles. The van der Waals surface area contributed by atoms with Gasteiger partial charge in [0, 0.05) is 38.1 Å². The second kappa shape index (κ2) is 10.9. The van der Waals surface area contributed by atoms with E-state index >= 15 is 0 Å². The van der Waals surface area contributed by atoms with Crippen LogP contribution in [0.1, 0.15) is 35.1 Å². The first-order chi connectivity index (χ1) is 18.4. The Morgan fingerprint density at radius 3 is 2.21 bits per heavy atom. The summed E-state index contributed by atoms with van der Waals surface area (Å²) in [6.07, 6.45) is -0.211. The molecule has 2 aromatic carbocycles. The van der Waals surface area contributed by atoms with Crippen LogP contribution in [0.3, 0.4) is 0 Å². The van der Waals surface area contributed by atoms with Crippen LogP contribution in [0.2, 0.25) is 0 Å². The number of hydrogen-bond acceptors (Lipinski definition) is 9. The van der Waals surface area contributed by atoms with Crippen molar-refractivity contribution in [2.24, 2.45) is 11.8 Å². The van der Waals surface area contributed by atoms with Gasteiger partial charge in [-0.25, -0.2) is 0 Å². The summed E-state index contributed by atoms with van der Waals surface area (Å²) in [5, 5.41) is 22.1. The van der Waals surface area contributed by atoms with Crippen molar-refractivity contribution in [1.29, 1.82) is 0 Å². The van der Waals surface area contributed by atoms with E-state index in [1.165, 1.54) is 7.11 Å². The average molecular weight is 529 g/mol. The molecule has 0 unspecified atom stereocenters. The minimum Gasteiger partial charge on any atom is -0.493 e. The number of carbonyl (C=O) groups is 1. The molecule has 0 bridgehead atoms. The number of rotatable bonds is 6. The number of benzene rings is 2. The topological polar surface area (TPSA) is 110 Å². The minimum atomic E-state index is -1.06. The Labute approximate surface area is 222 Å². The highest BCUT2D eigenvalue weighted by Crippen LogP contribution is 2.54. The van der Waals surface area contributed by atoms with E-state index in [1.54, 1.807) is 20.3 Å². The van der Waals surface area contributed by atoms with Crippen molar-refractivity contribution < 1.29 is 38.7 Å². The van der Waals surface area contributed by atoms with Gasteiger partial charge in [-0.2, -0.15) is 0 Å². The molecule has 1 fully saturated rings. The molecule has 206 valence electrons. The van der Waals surface area contributed by atoms with E-state index in [2.05, 4.69) is 4.90 Å². The van der Waals surface area contributed by atoms with Crippen molar-refractivity contribution in [2.45, 2.75) is 18.4 Å². The zero-order chi connectivity index (χ0) is 27.0. The second-order valence-electron chi connectivity index (χ2n) is 10.1. The van der Waals surface area contributed by atoms with Crippen LogP contribution in [0, 0.1) is 11.8 Å². The molecule has 0 saturated carbocycles. The third-order valence-corrected chi connectivity index (χ3v) is 8.03. The molecule has 38 heavy (non-hydrogen) atoms. The van der Waals surface area contributed by atoms with Crippen molar-refractivity contribution >= 4 is 5.91 Å². The fraction of sp³-hybridized carbons (Fsp3) is 0.536. The number of hydrogen-bond donors (Lipinski definition) is 2. The first-order valence-electron chi connectivity index (χ1n) is 12.9. The number of nitrogens with zero attached hydrogens (tertiary/aromatic N) is 2. The Bertz CT molecular complexity index is 1160. The number of likely N-dealkylation sites (N-methyl/N-ethyl adjacent to an activating group) is 1. The van der Waals surface area contributed by atoms with Crippen LogP contribution in [-0.4, -0.2) is 93.9 Å². The van der Waals surface area contributed by atoms with Gasteiger partial charge in [-0.05, 0) is 61.0 Å². The second-order valence-corrected chi connectivity index (χ2v) is 10.1.